The number of aliphatic hydroxyl groups excluding tert-OH is 1. The molecule has 1 N–H and O–H groups in total. The third-order valence-corrected chi connectivity index (χ3v) is 1.89. The van der Waals surface area contributed by atoms with Crippen molar-refractivity contribution in [3.05, 3.63) is 11.7 Å². The summed E-state index contributed by atoms with van der Waals surface area (Å²) in [5.41, 5.74) is 0. The predicted molar refractivity (Wildman–Crippen MR) is 50.1 cm³/mol. The average molecular weight is 254 g/mol. The fourth-order valence-electron chi connectivity index (χ4n) is 1.03. The van der Waals surface area contributed by atoms with Gasteiger partial charge in [0.25, 0.3) is 0 Å². The molecule has 1 aromatic heterocycles. The number of nitrogens with zero attached hydrogens (tertiary/aromatic N) is 2. The second kappa shape index (κ2) is 5.97. The van der Waals surface area contributed by atoms with E-state index in [0.717, 1.165) is 0 Å². The number of ether oxygens (including phenoxy) is 1. The number of rotatable bonds is 6. The minimum absolute atomic E-state index is 0.0829. The van der Waals surface area contributed by atoms with Gasteiger partial charge in [0.15, 0.2) is 5.82 Å². The summed E-state index contributed by atoms with van der Waals surface area (Å²) in [6.45, 7) is 0.280. The third-order valence-electron chi connectivity index (χ3n) is 1.89. The van der Waals surface area contributed by atoms with Crippen LogP contribution in [0.15, 0.2) is 4.52 Å². The van der Waals surface area contributed by atoms with E-state index in [0.29, 0.717) is 6.42 Å². The second-order valence-electron chi connectivity index (χ2n) is 3.39. The first kappa shape index (κ1) is 13.9. The lowest BCUT2D eigenvalue weighted by Gasteiger charge is -2.05. The normalized spacial score (nSPS) is 13.9. The van der Waals surface area contributed by atoms with Crippen molar-refractivity contribution < 1.29 is 27.5 Å². The van der Waals surface area contributed by atoms with Gasteiger partial charge in [-0.05, 0) is 6.42 Å². The van der Waals surface area contributed by atoms with Crippen molar-refractivity contribution in [2.75, 3.05) is 13.2 Å². The topological polar surface area (TPSA) is 68.4 Å². The fourth-order valence-corrected chi connectivity index (χ4v) is 1.03. The van der Waals surface area contributed by atoms with Crippen molar-refractivity contribution in [1.29, 1.82) is 0 Å². The number of hydrogen-bond donors (Lipinski definition) is 1. The Balaban J connectivity index is 2.30. The molecular weight excluding hydrogens is 241 g/mol. The molecule has 8 heteroatoms. The van der Waals surface area contributed by atoms with Crippen molar-refractivity contribution in [3.8, 4) is 0 Å². The zero-order chi connectivity index (χ0) is 12.9. The third kappa shape index (κ3) is 5.14. The maximum Gasteiger partial charge on any atom is 0.411 e. The van der Waals surface area contributed by atoms with Gasteiger partial charge in [-0.15, -0.1) is 0 Å². The fraction of sp³-hybridized carbons (Fsp3) is 0.778. The van der Waals surface area contributed by atoms with Crippen LogP contribution in [0.25, 0.3) is 0 Å². The van der Waals surface area contributed by atoms with Crippen molar-refractivity contribution in [1.82, 2.24) is 10.1 Å². The summed E-state index contributed by atoms with van der Waals surface area (Å²) in [6, 6.07) is 0. The van der Waals surface area contributed by atoms with E-state index in [9.17, 15) is 18.3 Å². The average Bonchev–Trinajstić information content (AvgIpc) is 2.70. The second-order valence-corrected chi connectivity index (χ2v) is 3.39. The van der Waals surface area contributed by atoms with Crippen LogP contribution < -0.4 is 0 Å². The van der Waals surface area contributed by atoms with Crippen LogP contribution in [0, 0.1) is 0 Å². The quantitative estimate of drug-likeness (QED) is 0.781. The Bertz CT molecular complexity index is 340. The van der Waals surface area contributed by atoms with Crippen LogP contribution in [0.2, 0.25) is 0 Å². The molecule has 0 radical (unpaired) electrons. The molecule has 0 saturated heterocycles. The monoisotopic (exact) mass is 254 g/mol. The first-order valence-electron chi connectivity index (χ1n) is 5.07. The zero-order valence-corrected chi connectivity index (χ0v) is 9.20. The summed E-state index contributed by atoms with van der Waals surface area (Å²) in [5.74, 6) is 0.285. The first-order valence-corrected chi connectivity index (χ1v) is 5.07. The van der Waals surface area contributed by atoms with E-state index in [1.807, 2.05) is 0 Å². The Morgan fingerprint density at radius 3 is 2.76 bits per heavy atom. The smallest absolute Gasteiger partial charge is 0.385 e. The molecule has 0 fully saturated rings. The van der Waals surface area contributed by atoms with E-state index in [1.54, 1.807) is 6.92 Å². The summed E-state index contributed by atoms with van der Waals surface area (Å²) in [5, 5.41) is 12.9. The maximum absolute atomic E-state index is 11.7. The van der Waals surface area contributed by atoms with Gasteiger partial charge < -0.3 is 14.4 Å². The van der Waals surface area contributed by atoms with Crippen LogP contribution in [0.5, 0.6) is 0 Å². The number of alkyl halides is 3. The van der Waals surface area contributed by atoms with E-state index >= 15 is 0 Å². The summed E-state index contributed by atoms with van der Waals surface area (Å²) >= 11 is 0. The number of aliphatic hydroxyl groups is 1. The van der Waals surface area contributed by atoms with Gasteiger partial charge in [0.2, 0.25) is 5.89 Å². The van der Waals surface area contributed by atoms with Gasteiger partial charge in [-0.1, -0.05) is 12.1 Å². The van der Waals surface area contributed by atoms with E-state index in [2.05, 4.69) is 14.9 Å². The van der Waals surface area contributed by atoms with Gasteiger partial charge in [0.1, 0.15) is 12.7 Å². The molecule has 0 aromatic carbocycles. The predicted octanol–water partition coefficient (Wildman–Crippen LogP) is 1.63. The largest absolute Gasteiger partial charge is 0.411 e. The number of aromatic nitrogens is 2. The van der Waals surface area contributed by atoms with Gasteiger partial charge in [0.05, 0.1) is 13.0 Å². The lowest BCUT2D eigenvalue weighted by molar-refractivity contribution is -0.173. The maximum atomic E-state index is 11.7. The Kier molecular flexibility index (Phi) is 4.88. The van der Waals surface area contributed by atoms with E-state index < -0.39 is 18.9 Å². The Labute approximate surface area is 95.6 Å². The van der Waals surface area contributed by atoms with Gasteiger partial charge >= 0.3 is 6.18 Å². The van der Waals surface area contributed by atoms with Gasteiger partial charge in [-0.25, -0.2) is 0 Å². The first-order chi connectivity index (χ1) is 7.92. The van der Waals surface area contributed by atoms with Crippen molar-refractivity contribution in [2.45, 2.75) is 32.0 Å². The molecule has 0 aliphatic carbocycles. The summed E-state index contributed by atoms with van der Waals surface area (Å²) in [6.07, 6.45) is -4.63. The summed E-state index contributed by atoms with van der Waals surface area (Å²) < 4.78 is 44.3. The van der Waals surface area contributed by atoms with E-state index in [1.165, 1.54) is 0 Å². The van der Waals surface area contributed by atoms with Crippen LogP contribution in [-0.4, -0.2) is 34.6 Å². The van der Waals surface area contributed by atoms with Gasteiger partial charge in [0, 0.05) is 0 Å². The molecule has 0 amide bonds. The highest BCUT2D eigenvalue weighted by atomic mass is 19.4. The van der Waals surface area contributed by atoms with Crippen LogP contribution >= 0.6 is 0 Å². The standard InChI is InChI=1S/C9H13F3N2O3/c1-2-6(15)8-13-7(17-14-8)3-4-16-5-9(10,11)12/h6,15H,2-5H2,1H3. The molecule has 17 heavy (non-hydrogen) atoms. The highest BCUT2D eigenvalue weighted by Gasteiger charge is 2.27. The van der Waals surface area contributed by atoms with Crippen molar-refractivity contribution in [3.63, 3.8) is 0 Å². The highest BCUT2D eigenvalue weighted by Crippen LogP contribution is 2.15. The molecule has 1 rings (SSSR count). The van der Waals surface area contributed by atoms with Crippen molar-refractivity contribution in [2.24, 2.45) is 0 Å². The van der Waals surface area contributed by atoms with Crippen LogP contribution in [0.3, 0.4) is 0 Å². The molecule has 0 aliphatic rings. The van der Waals surface area contributed by atoms with Gasteiger partial charge in [-0.2, -0.15) is 18.2 Å². The molecule has 0 bridgehead atoms. The molecule has 0 saturated carbocycles. The van der Waals surface area contributed by atoms with Gasteiger partial charge in [-0.3, -0.25) is 0 Å². The number of halogens is 3. The SMILES string of the molecule is CCC(O)c1noc(CCOCC(F)(F)F)n1. The summed E-state index contributed by atoms with van der Waals surface area (Å²) in [4.78, 5) is 3.83. The molecule has 1 aromatic rings. The van der Waals surface area contributed by atoms with Crippen LogP contribution in [-0.2, 0) is 11.2 Å². The Morgan fingerprint density at radius 1 is 1.47 bits per heavy atom. The zero-order valence-electron chi connectivity index (χ0n) is 9.20. The van der Waals surface area contributed by atoms with E-state index in [4.69, 9.17) is 4.52 Å². The van der Waals surface area contributed by atoms with Crippen LogP contribution in [0.4, 0.5) is 13.2 Å². The molecule has 5 nitrogen and oxygen atoms in total. The van der Waals surface area contributed by atoms with E-state index in [-0.39, 0.29) is 24.7 Å². The van der Waals surface area contributed by atoms with Crippen LogP contribution in [0.1, 0.15) is 31.2 Å². The Hall–Kier alpha value is -1.15. The minimum Gasteiger partial charge on any atom is -0.385 e. The molecule has 1 heterocycles. The molecule has 1 atom stereocenters. The Morgan fingerprint density at radius 2 is 2.18 bits per heavy atom. The number of hydrogen-bond acceptors (Lipinski definition) is 5. The lowest BCUT2D eigenvalue weighted by Crippen LogP contribution is -2.18. The molecule has 0 spiro atoms. The van der Waals surface area contributed by atoms with Crippen molar-refractivity contribution >= 4 is 0 Å². The molecule has 98 valence electrons. The molecular formula is C9H13F3N2O3. The minimum atomic E-state index is -4.33. The molecule has 1 unspecified atom stereocenters. The lowest BCUT2D eigenvalue weighted by atomic mass is 10.3. The molecule has 0 aliphatic heterocycles. The highest BCUT2D eigenvalue weighted by molar-refractivity contribution is 4.90. The summed E-state index contributed by atoms with van der Waals surface area (Å²) in [7, 11) is 0.